The van der Waals surface area contributed by atoms with Crippen LogP contribution in [0.1, 0.15) is 19.4 Å². The summed E-state index contributed by atoms with van der Waals surface area (Å²) in [5.41, 5.74) is 0.946. The van der Waals surface area contributed by atoms with Crippen LogP contribution in [0.25, 0.3) is 0 Å². The number of benzene rings is 2. The van der Waals surface area contributed by atoms with Gasteiger partial charge in [0, 0.05) is 13.8 Å². The molecule has 0 spiro atoms. The standard InChI is InChI=1S/C16H16Cl2O4S/c1-10-4-6-11(7-5-10)23(20,21)13-9-8-12(14(17)15(13)18)22-16(2,3)19/h4-9,19H,1-3H3. The molecule has 0 heterocycles. The number of aliphatic hydroxyl groups is 1. The van der Waals surface area contributed by atoms with Gasteiger partial charge >= 0.3 is 0 Å². The normalized spacial score (nSPS) is 12.3. The molecule has 0 bridgehead atoms. The third kappa shape index (κ3) is 3.98. The van der Waals surface area contributed by atoms with Gasteiger partial charge in [-0.2, -0.15) is 0 Å². The Kier molecular flexibility index (Phi) is 4.97. The molecular weight excluding hydrogens is 359 g/mol. The SMILES string of the molecule is Cc1ccc(S(=O)(=O)c2ccc(OC(C)(C)O)c(Cl)c2Cl)cc1. The highest BCUT2D eigenvalue weighted by atomic mass is 35.5. The van der Waals surface area contributed by atoms with Gasteiger partial charge in [-0.15, -0.1) is 0 Å². The van der Waals surface area contributed by atoms with Crippen LogP contribution in [0.2, 0.25) is 10.0 Å². The molecule has 0 aliphatic rings. The summed E-state index contributed by atoms with van der Waals surface area (Å²) in [7, 11) is -3.80. The van der Waals surface area contributed by atoms with E-state index in [-0.39, 0.29) is 25.6 Å². The second-order valence-electron chi connectivity index (χ2n) is 5.56. The third-order valence-corrected chi connectivity index (χ3v) is 5.78. The molecule has 2 rings (SSSR count). The van der Waals surface area contributed by atoms with E-state index in [9.17, 15) is 13.5 Å². The maximum Gasteiger partial charge on any atom is 0.208 e. The average molecular weight is 375 g/mol. The number of rotatable bonds is 4. The van der Waals surface area contributed by atoms with Crippen molar-refractivity contribution in [1.82, 2.24) is 0 Å². The fourth-order valence-electron chi connectivity index (χ4n) is 1.91. The van der Waals surface area contributed by atoms with E-state index in [0.29, 0.717) is 0 Å². The highest BCUT2D eigenvalue weighted by Gasteiger charge is 2.25. The summed E-state index contributed by atoms with van der Waals surface area (Å²) in [5.74, 6) is -1.36. The fraction of sp³-hybridized carbons (Fsp3) is 0.250. The van der Waals surface area contributed by atoms with Gasteiger partial charge in [0.15, 0.2) is 0 Å². The Morgan fingerprint density at radius 3 is 2.09 bits per heavy atom. The first-order valence-electron chi connectivity index (χ1n) is 6.73. The number of aryl methyl sites for hydroxylation is 1. The zero-order valence-corrected chi connectivity index (χ0v) is 15.1. The highest BCUT2D eigenvalue weighted by Crippen LogP contribution is 2.39. The van der Waals surface area contributed by atoms with Gasteiger partial charge in [0.1, 0.15) is 10.8 Å². The second kappa shape index (κ2) is 6.32. The lowest BCUT2D eigenvalue weighted by molar-refractivity contribution is -0.104. The minimum Gasteiger partial charge on any atom is -0.462 e. The summed E-state index contributed by atoms with van der Waals surface area (Å²) in [5, 5.41) is 9.47. The van der Waals surface area contributed by atoms with E-state index in [4.69, 9.17) is 27.9 Å². The summed E-state index contributed by atoms with van der Waals surface area (Å²) in [6, 6.07) is 9.10. The summed E-state index contributed by atoms with van der Waals surface area (Å²) in [6.07, 6.45) is 0. The maximum atomic E-state index is 12.7. The van der Waals surface area contributed by atoms with Crippen molar-refractivity contribution in [2.75, 3.05) is 0 Å². The van der Waals surface area contributed by atoms with Gasteiger partial charge < -0.3 is 9.84 Å². The predicted molar refractivity (Wildman–Crippen MR) is 90.0 cm³/mol. The molecule has 2 aromatic rings. The van der Waals surface area contributed by atoms with Gasteiger partial charge in [-0.3, -0.25) is 0 Å². The molecule has 4 nitrogen and oxygen atoms in total. The molecule has 0 aliphatic carbocycles. The molecule has 2 aromatic carbocycles. The van der Waals surface area contributed by atoms with Crippen molar-refractivity contribution in [2.24, 2.45) is 0 Å². The van der Waals surface area contributed by atoms with Crippen LogP contribution in [0, 0.1) is 6.92 Å². The first-order chi connectivity index (χ1) is 10.5. The lowest BCUT2D eigenvalue weighted by Crippen LogP contribution is -2.27. The Bertz CT molecular complexity index is 822. The molecule has 0 atom stereocenters. The van der Waals surface area contributed by atoms with Gasteiger partial charge in [-0.1, -0.05) is 40.9 Å². The minimum atomic E-state index is -3.80. The minimum absolute atomic E-state index is 0.0676. The lowest BCUT2D eigenvalue weighted by Gasteiger charge is -2.21. The molecule has 0 aliphatic heterocycles. The summed E-state index contributed by atoms with van der Waals surface area (Å²) < 4.78 is 30.6. The van der Waals surface area contributed by atoms with Crippen molar-refractivity contribution < 1.29 is 18.3 Å². The van der Waals surface area contributed by atoms with E-state index in [1.165, 1.54) is 38.1 Å². The molecule has 124 valence electrons. The zero-order valence-electron chi connectivity index (χ0n) is 12.8. The van der Waals surface area contributed by atoms with Gasteiger partial charge in [0.2, 0.25) is 15.6 Å². The Hall–Kier alpha value is -1.27. The summed E-state index contributed by atoms with van der Waals surface area (Å²) >= 11 is 12.2. The van der Waals surface area contributed by atoms with Crippen molar-refractivity contribution in [3.05, 3.63) is 52.0 Å². The Morgan fingerprint density at radius 1 is 1.00 bits per heavy atom. The second-order valence-corrected chi connectivity index (χ2v) is 8.23. The molecule has 0 fully saturated rings. The molecule has 0 saturated heterocycles. The van der Waals surface area contributed by atoms with Crippen LogP contribution in [0.5, 0.6) is 5.75 Å². The molecule has 0 radical (unpaired) electrons. The molecule has 0 aromatic heterocycles. The summed E-state index contributed by atoms with van der Waals surface area (Å²) in [6.45, 7) is 4.71. The van der Waals surface area contributed by atoms with Gasteiger partial charge in [-0.05, 0) is 31.2 Å². The topological polar surface area (TPSA) is 63.6 Å². The van der Waals surface area contributed by atoms with Gasteiger partial charge in [0.25, 0.3) is 0 Å². The van der Waals surface area contributed by atoms with Crippen molar-refractivity contribution in [2.45, 2.75) is 36.3 Å². The molecule has 0 saturated carbocycles. The maximum absolute atomic E-state index is 12.7. The van der Waals surface area contributed by atoms with Crippen LogP contribution in [0.4, 0.5) is 0 Å². The molecule has 7 heteroatoms. The quantitative estimate of drug-likeness (QED) is 0.812. The summed E-state index contributed by atoms with van der Waals surface area (Å²) in [4.78, 5) is 0.00772. The van der Waals surface area contributed by atoms with Gasteiger partial charge in [0.05, 0.1) is 14.8 Å². The number of halogens is 2. The van der Waals surface area contributed by atoms with E-state index in [0.717, 1.165) is 5.56 Å². The number of sulfone groups is 1. The molecule has 0 unspecified atom stereocenters. The predicted octanol–water partition coefficient (Wildman–Crippen LogP) is 4.24. The van der Waals surface area contributed by atoms with E-state index in [2.05, 4.69) is 0 Å². The number of hydrogen-bond acceptors (Lipinski definition) is 4. The van der Waals surface area contributed by atoms with Gasteiger partial charge in [-0.25, -0.2) is 8.42 Å². The number of hydrogen-bond donors (Lipinski definition) is 1. The zero-order chi connectivity index (χ0) is 17.4. The molecule has 0 amide bonds. The van der Waals surface area contributed by atoms with Crippen molar-refractivity contribution in [1.29, 1.82) is 0 Å². The third-order valence-electron chi connectivity index (χ3n) is 2.99. The first kappa shape index (κ1) is 18.1. The van der Waals surface area contributed by atoms with Crippen LogP contribution < -0.4 is 4.74 Å². The van der Waals surface area contributed by atoms with Crippen LogP contribution in [0.15, 0.2) is 46.2 Å². The van der Waals surface area contributed by atoms with Crippen molar-refractivity contribution >= 4 is 33.0 Å². The monoisotopic (exact) mass is 374 g/mol. The molecule has 23 heavy (non-hydrogen) atoms. The Labute approximate surface area is 145 Å². The highest BCUT2D eigenvalue weighted by molar-refractivity contribution is 7.91. The Balaban J connectivity index is 2.52. The van der Waals surface area contributed by atoms with Crippen molar-refractivity contribution in [3.63, 3.8) is 0 Å². The van der Waals surface area contributed by atoms with E-state index in [1.54, 1.807) is 12.1 Å². The average Bonchev–Trinajstić information content (AvgIpc) is 2.43. The van der Waals surface area contributed by atoms with Crippen LogP contribution in [-0.4, -0.2) is 19.3 Å². The molecular formula is C16H16Cl2O4S. The lowest BCUT2D eigenvalue weighted by atomic mass is 10.2. The largest absolute Gasteiger partial charge is 0.462 e. The van der Waals surface area contributed by atoms with Crippen molar-refractivity contribution in [3.8, 4) is 5.75 Å². The van der Waals surface area contributed by atoms with E-state index >= 15 is 0 Å². The van der Waals surface area contributed by atoms with E-state index < -0.39 is 15.6 Å². The smallest absolute Gasteiger partial charge is 0.208 e. The van der Waals surface area contributed by atoms with E-state index in [1.807, 2.05) is 6.92 Å². The number of ether oxygens (including phenoxy) is 1. The van der Waals surface area contributed by atoms with Crippen LogP contribution in [0.3, 0.4) is 0 Å². The fourth-order valence-corrected chi connectivity index (χ4v) is 3.97. The van der Waals surface area contributed by atoms with Crippen LogP contribution in [-0.2, 0) is 9.84 Å². The van der Waals surface area contributed by atoms with Crippen LogP contribution >= 0.6 is 23.2 Å². The Morgan fingerprint density at radius 2 is 1.57 bits per heavy atom. The molecule has 1 N–H and O–H groups in total. The first-order valence-corrected chi connectivity index (χ1v) is 8.97.